The Morgan fingerprint density at radius 3 is 2.05 bits per heavy atom. The second-order valence-electron chi connectivity index (χ2n) is 8.29. The van der Waals surface area contributed by atoms with Crippen molar-refractivity contribution in [3.8, 4) is 0 Å². The van der Waals surface area contributed by atoms with E-state index in [1.54, 1.807) is 0 Å². The lowest BCUT2D eigenvalue weighted by molar-refractivity contribution is 0.0699. The zero-order valence-electron chi connectivity index (χ0n) is 15.1. The zero-order valence-corrected chi connectivity index (χ0v) is 15.1. The van der Waals surface area contributed by atoms with E-state index < -0.39 is 0 Å². The third kappa shape index (κ3) is 4.94. The van der Waals surface area contributed by atoms with Gasteiger partial charge in [0.25, 0.3) is 0 Å². The van der Waals surface area contributed by atoms with Crippen molar-refractivity contribution in [2.45, 2.75) is 53.0 Å². The molecule has 0 amide bonds. The Balaban J connectivity index is 1.72. The molecule has 2 aliphatic rings. The number of piperidine rings is 1. The highest BCUT2D eigenvalue weighted by molar-refractivity contribution is 4.84. The highest BCUT2D eigenvalue weighted by Gasteiger charge is 2.32. The van der Waals surface area contributed by atoms with Crippen molar-refractivity contribution in [3.63, 3.8) is 0 Å². The van der Waals surface area contributed by atoms with E-state index in [2.05, 4.69) is 49.4 Å². The van der Waals surface area contributed by atoms with E-state index in [-0.39, 0.29) is 0 Å². The van der Waals surface area contributed by atoms with Gasteiger partial charge in [-0.3, -0.25) is 4.90 Å². The fourth-order valence-electron chi connectivity index (χ4n) is 3.94. The van der Waals surface area contributed by atoms with E-state index in [0.29, 0.717) is 11.5 Å². The molecular weight excluding hydrogens is 258 g/mol. The van der Waals surface area contributed by atoms with Gasteiger partial charge in [-0.15, -0.1) is 0 Å². The molecule has 2 aliphatic heterocycles. The van der Waals surface area contributed by atoms with Crippen LogP contribution < -0.4 is 0 Å². The molecule has 0 unspecified atom stereocenters. The average Bonchev–Trinajstić information content (AvgIpc) is 2.46. The molecule has 0 aliphatic carbocycles. The van der Waals surface area contributed by atoms with Crippen LogP contribution in [-0.4, -0.2) is 73.6 Å². The van der Waals surface area contributed by atoms with Crippen LogP contribution >= 0.6 is 0 Å². The molecule has 0 radical (unpaired) electrons. The van der Waals surface area contributed by atoms with Gasteiger partial charge in [0, 0.05) is 32.2 Å². The minimum absolute atomic E-state index is 0.510. The van der Waals surface area contributed by atoms with Crippen LogP contribution in [0.25, 0.3) is 0 Å². The maximum atomic E-state index is 2.69. The van der Waals surface area contributed by atoms with Gasteiger partial charge >= 0.3 is 0 Å². The van der Waals surface area contributed by atoms with Gasteiger partial charge in [-0.05, 0) is 71.1 Å². The Labute approximate surface area is 132 Å². The Morgan fingerprint density at radius 1 is 0.952 bits per heavy atom. The first kappa shape index (κ1) is 17.2. The van der Waals surface area contributed by atoms with Gasteiger partial charge in [0.05, 0.1) is 0 Å². The van der Waals surface area contributed by atoms with Crippen molar-refractivity contribution < 1.29 is 0 Å². The summed E-state index contributed by atoms with van der Waals surface area (Å²) in [7, 11) is 2.26. The summed E-state index contributed by atoms with van der Waals surface area (Å²) < 4.78 is 0. The zero-order chi connectivity index (χ0) is 15.5. The molecule has 0 aromatic carbocycles. The van der Waals surface area contributed by atoms with Gasteiger partial charge in [0.2, 0.25) is 0 Å². The van der Waals surface area contributed by atoms with Crippen molar-refractivity contribution >= 4 is 0 Å². The first-order chi connectivity index (χ1) is 9.88. The van der Waals surface area contributed by atoms with Crippen LogP contribution in [0.4, 0.5) is 0 Å². The Morgan fingerprint density at radius 2 is 1.52 bits per heavy atom. The summed E-state index contributed by atoms with van der Waals surface area (Å²) in [6, 6.07) is 0.711. The predicted octanol–water partition coefficient (Wildman–Crippen LogP) is 2.77. The van der Waals surface area contributed by atoms with Crippen LogP contribution in [0.2, 0.25) is 0 Å². The molecule has 2 heterocycles. The molecular formula is C18H37N3. The molecule has 2 rings (SSSR count). The summed E-state index contributed by atoms with van der Waals surface area (Å²) in [6.07, 6.45) is 4.15. The third-order valence-electron chi connectivity index (χ3n) is 6.03. The average molecular weight is 296 g/mol. The second kappa shape index (κ2) is 7.43. The molecule has 0 aromatic rings. The van der Waals surface area contributed by atoms with E-state index in [1.807, 2.05) is 0 Å². The largest absolute Gasteiger partial charge is 0.306 e. The van der Waals surface area contributed by atoms with Gasteiger partial charge in [0.1, 0.15) is 0 Å². The van der Waals surface area contributed by atoms with Gasteiger partial charge in [-0.2, -0.15) is 0 Å². The molecule has 2 fully saturated rings. The molecule has 3 nitrogen and oxygen atoms in total. The van der Waals surface area contributed by atoms with Crippen molar-refractivity contribution in [2.75, 3.05) is 52.9 Å². The van der Waals surface area contributed by atoms with Crippen molar-refractivity contribution in [1.82, 2.24) is 14.7 Å². The molecule has 2 saturated heterocycles. The summed E-state index contributed by atoms with van der Waals surface area (Å²) in [5.74, 6) is 0.922. The molecule has 0 aromatic heterocycles. The van der Waals surface area contributed by atoms with Gasteiger partial charge in [0.15, 0.2) is 0 Å². The smallest absolute Gasteiger partial charge is 0.0113 e. The number of nitrogens with zero attached hydrogens (tertiary/aromatic N) is 3. The molecule has 0 bridgehead atoms. The SMILES string of the molecule is CC(C)N1CCN(CCC(C)(C)C2CCN(C)CC2)CC1. The lowest BCUT2D eigenvalue weighted by Crippen LogP contribution is -2.49. The van der Waals surface area contributed by atoms with Crippen LogP contribution in [0, 0.1) is 11.3 Å². The fraction of sp³-hybridized carbons (Fsp3) is 1.00. The number of hydrogen-bond donors (Lipinski definition) is 0. The normalized spacial score (nSPS) is 24.9. The standard InChI is InChI=1S/C18H37N3/c1-16(2)21-14-12-20(13-15-21)11-8-18(3,4)17-6-9-19(5)10-7-17/h16-17H,6-15H2,1-5H3. The van der Waals surface area contributed by atoms with Gasteiger partial charge in [-0.1, -0.05) is 13.8 Å². The van der Waals surface area contributed by atoms with E-state index in [9.17, 15) is 0 Å². The summed E-state index contributed by atoms with van der Waals surface area (Å²) in [6.45, 7) is 18.6. The maximum absolute atomic E-state index is 2.69. The van der Waals surface area contributed by atoms with Crippen molar-refractivity contribution in [1.29, 1.82) is 0 Å². The predicted molar refractivity (Wildman–Crippen MR) is 91.8 cm³/mol. The second-order valence-corrected chi connectivity index (χ2v) is 8.29. The van der Waals surface area contributed by atoms with E-state index in [0.717, 1.165) is 5.92 Å². The van der Waals surface area contributed by atoms with E-state index in [1.165, 1.54) is 65.1 Å². The van der Waals surface area contributed by atoms with Crippen LogP contribution in [0.3, 0.4) is 0 Å². The van der Waals surface area contributed by atoms with Crippen molar-refractivity contribution in [2.24, 2.45) is 11.3 Å². The number of piperazine rings is 1. The Hall–Kier alpha value is -0.120. The van der Waals surface area contributed by atoms with Crippen molar-refractivity contribution in [3.05, 3.63) is 0 Å². The monoisotopic (exact) mass is 295 g/mol. The first-order valence-electron chi connectivity index (χ1n) is 9.03. The molecule has 0 spiro atoms. The fourth-order valence-corrected chi connectivity index (χ4v) is 3.94. The van der Waals surface area contributed by atoms with Gasteiger partial charge < -0.3 is 9.80 Å². The third-order valence-corrected chi connectivity index (χ3v) is 6.03. The van der Waals surface area contributed by atoms with Crippen LogP contribution in [0.5, 0.6) is 0 Å². The highest BCUT2D eigenvalue weighted by atomic mass is 15.3. The summed E-state index contributed by atoms with van der Waals surface area (Å²) in [4.78, 5) is 7.78. The summed E-state index contributed by atoms with van der Waals surface area (Å²) in [5, 5.41) is 0. The topological polar surface area (TPSA) is 9.72 Å². The number of likely N-dealkylation sites (tertiary alicyclic amines) is 1. The lowest BCUT2D eigenvalue weighted by atomic mass is 9.71. The highest BCUT2D eigenvalue weighted by Crippen LogP contribution is 2.37. The first-order valence-corrected chi connectivity index (χ1v) is 9.03. The number of hydrogen-bond acceptors (Lipinski definition) is 3. The maximum Gasteiger partial charge on any atom is 0.0113 e. The summed E-state index contributed by atoms with van der Waals surface area (Å²) >= 11 is 0. The molecule has 21 heavy (non-hydrogen) atoms. The van der Waals surface area contributed by atoms with Gasteiger partial charge in [-0.25, -0.2) is 0 Å². The van der Waals surface area contributed by atoms with Crippen LogP contribution in [0.1, 0.15) is 47.0 Å². The van der Waals surface area contributed by atoms with Crippen LogP contribution in [-0.2, 0) is 0 Å². The molecule has 3 heteroatoms. The molecule has 0 N–H and O–H groups in total. The minimum atomic E-state index is 0.510. The molecule has 0 saturated carbocycles. The Bertz CT molecular complexity index is 298. The van der Waals surface area contributed by atoms with E-state index >= 15 is 0 Å². The molecule has 0 atom stereocenters. The Kier molecular flexibility index (Phi) is 6.10. The minimum Gasteiger partial charge on any atom is -0.306 e. The van der Waals surface area contributed by atoms with E-state index in [4.69, 9.17) is 0 Å². The lowest BCUT2D eigenvalue weighted by Gasteiger charge is -2.42. The van der Waals surface area contributed by atoms with Crippen LogP contribution in [0.15, 0.2) is 0 Å². The summed E-state index contributed by atoms with van der Waals surface area (Å²) in [5.41, 5.74) is 0.510. The quantitative estimate of drug-likeness (QED) is 0.772. The molecule has 124 valence electrons. The number of rotatable bonds is 5.